The number of benzene rings is 6. The quantitative estimate of drug-likeness (QED) is 0.212. The minimum absolute atomic E-state index is 1.21. The summed E-state index contributed by atoms with van der Waals surface area (Å²) in [6.07, 6.45) is 0. The Balaban J connectivity index is 1.66. The van der Waals surface area contributed by atoms with Crippen molar-refractivity contribution in [3.8, 4) is 33.4 Å². The predicted octanol–water partition coefficient (Wildman–Crippen LogP) is 9.71. The van der Waals surface area contributed by atoms with Gasteiger partial charge in [-0.25, -0.2) is 0 Å². The molecule has 37 heavy (non-hydrogen) atoms. The third-order valence-electron chi connectivity index (χ3n) is 6.84. The second-order valence-corrected chi connectivity index (χ2v) is 9.11. The molecular weight excluding hydrogens is 444 g/mol. The van der Waals surface area contributed by atoms with Gasteiger partial charge in [-0.1, -0.05) is 164 Å². The van der Waals surface area contributed by atoms with Crippen LogP contribution in [-0.2, 0) is 0 Å². The van der Waals surface area contributed by atoms with Crippen molar-refractivity contribution in [2.45, 2.75) is 0 Å². The number of hydrogen-bond acceptors (Lipinski definition) is 0. The fraction of sp³-hybridized carbons (Fsp3) is 0. The molecule has 0 aromatic heterocycles. The third-order valence-corrected chi connectivity index (χ3v) is 6.84. The molecule has 0 heterocycles. The molecule has 0 spiro atoms. The Morgan fingerprint density at radius 3 is 0.784 bits per heavy atom. The molecule has 6 rings (SSSR count). The van der Waals surface area contributed by atoms with Gasteiger partial charge >= 0.3 is 0 Å². The molecule has 0 heteroatoms. The van der Waals surface area contributed by atoms with Crippen LogP contribution in [0.15, 0.2) is 164 Å². The summed E-state index contributed by atoms with van der Waals surface area (Å²) in [6.45, 7) is 0. The van der Waals surface area contributed by atoms with Crippen molar-refractivity contribution < 1.29 is 0 Å². The van der Waals surface area contributed by atoms with Crippen LogP contribution in [0.25, 0.3) is 33.4 Å². The van der Waals surface area contributed by atoms with Gasteiger partial charge in [0.2, 0.25) is 0 Å². The molecule has 0 atom stereocenters. The second-order valence-electron chi connectivity index (χ2n) is 9.11. The third kappa shape index (κ3) is 4.62. The Bertz CT molecular complexity index is 1400. The molecule has 0 saturated carbocycles. The summed E-state index contributed by atoms with van der Waals surface area (Å²) in [7, 11) is 0. The molecule has 6 aromatic carbocycles. The fourth-order valence-corrected chi connectivity index (χ4v) is 5.15. The lowest BCUT2D eigenvalue weighted by molar-refractivity contribution is 1.23. The van der Waals surface area contributed by atoms with E-state index in [2.05, 4.69) is 164 Å². The summed E-state index contributed by atoms with van der Waals surface area (Å²) in [5.74, 6) is 1.23. The molecule has 0 unspecified atom stereocenters. The SMILES string of the molecule is c1ccc(-c2ccccc2[C](c2ccccc2-c2ccccc2)c2ccccc2-c2ccccc2)cc1. The first-order chi connectivity index (χ1) is 18.4. The topological polar surface area (TPSA) is 0 Å². The first-order valence-electron chi connectivity index (χ1n) is 12.7. The van der Waals surface area contributed by atoms with Crippen molar-refractivity contribution >= 4 is 0 Å². The molecule has 0 bridgehead atoms. The number of hydrogen-bond donors (Lipinski definition) is 0. The first kappa shape index (κ1) is 22.8. The normalized spacial score (nSPS) is 10.9. The first-order valence-corrected chi connectivity index (χ1v) is 12.7. The lowest BCUT2D eigenvalue weighted by Crippen LogP contribution is -2.09. The average Bonchev–Trinajstić information content (AvgIpc) is 2.99. The van der Waals surface area contributed by atoms with E-state index in [1.165, 1.54) is 56.0 Å². The largest absolute Gasteiger partial charge is 0.0647 e. The smallest absolute Gasteiger partial charge is 0.0622 e. The van der Waals surface area contributed by atoms with Gasteiger partial charge in [-0.15, -0.1) is 0 Å². The van der Waals surface area contributed by atoms with Gasteiger partial charge in [-0.3, -0.25) is 0 Å². The zero-order chi connectivity index (χ0) is 24.9. The van der Waals surface area contributed by atoms with Crippen LogP contribution >= 0.6 is 0 Å². The highest BCUT2D eigenvalue weighted by Crippen LogP contribution is 2.43. The molecule has 0 nitrogen and oxygen atoms in total. The summed E-state index contributed by atoms with van der Waals surface area (Å²) < 4.78 is 0. The summed E-state index contributed by atoms with van der Waals surface area (Å²) in [5, 5.41) is 0. The van der Waals surface area contributed by atoms with E-state index in [1.54, 1.807) is 0 Å². The van der Waals surface area contributed by atoms with Crippen molar-refractivity contribution in [2.75, 3.05) is 0 Å². The molecule has 175 valence electrons. The molecule has 0 aliphatic heterocycles. The highest BCUT2D eigenvalue weighted by atomic mass is 14.3. The Kier molecular flexibility index (Phi) is 6.47. The van der Waals surface area contributed by atoms with E-state index >= 15 is 0 Å². The van der Waals surface area contributed by atoms with Crippen LogP contribution in [0.1, 0.15) is 16.7 Å². The standard InChI is InChI=1S/C37H27/c1-4-16-28(17-5-1)31-22-10-13-25-34(31)37(35-26-14-11-23-32(35)29-18-6-2-7-19-29)36-27-15-12-24-33(36)30-20-8-3-9-21-30/h1-27H. The van der Waals surface area contributed by atoms with Gasteiger partial charge in [0.1, 0.15) is 0 Å². The Morgan fingerprint density at radius 1 is 0.243 bits per heavy atom. The minimum atomic E-state index is 1.21. The van der Waals surface area contributed by atoms with Crippen LogP contribution < -0.4 is 0 Å². The van der Waals surface area contributed by atoms with Crippen LogP contribution in [0.2, 0.25) is 0 Å². The Hall–Kier alpha value is -4.68. The van der Waals surface area contributed by atoms with E-state index in [-0.39, 0.29) is 0 Å². The van der Waals surface area contributed by atoms with E-state index in [1.807, 2.05) is 0 Å². The summed E-state index contributed by atoms with van der Waals surface area (Å²) >= 11 is 0. The highest BCUT2D eigenvalue weighted by Gasteiger charge is 2.26. The van der Waals surface area contributed by atoms with Crippen LogP contribution in [-0.4, -0.2) is 0 Å². The van der Waals surface area contributed by atoms with Crippen LogP contribution in [0, 0.1) is 5.92 Å². The maximum Gasteiger partial charge on any atom is 0.0647 e. The summed E-state index contributed by atoms with van der Waals surface area (Å²) in [4.78, 5) is 0. The molecule has 0 N–H and O–H groups in total. The van der Waals surface area contributed by atoms with Crippen LogP contribution in [0.4, 0.5) is 0 Å². The zero-order valence-corrected chi connectivity index (χ0v) is 20.6. The van der Waals surface area contributed by atoms with Crippen molar-refractivity contribution in [3.63, 3.8) is 0 Å². The van der Waals surface area contributed by atoms with Crippen LogP contribution in [0.3, 0.4) is 0 Å². The van der Waals surface area contributed by atoms with Gasteiger partial charge < -0.3 is 0 Å². The van der Waals surface area contributed by atoms with Gasteiger partial charge in [0.05, 0.1) is 5.92 Å². The van der Waals surface area contributed by atoms with Gasteiger partial charge in [0.25, 0.3) is 0 Å². The zero-order valence-electron chi connectivity index (χ0n) is 20.6. The van der Waals surface area contributed by atoms with E-state index in [9.17, 15) is 0 Å². The maximum atomic E-state index is 2.27. The van der Waals surface area contributed by atoms with E-state index in [0.717, 1.165) is 0 Å². The fourth-order valence-electron chi connectivity index (χ4n) is 5.15. The molecule has 0 aliphatic carbocycles. The lowest BCUT2D eigenvalue weighted by atomic mass is 9.76. The van der Waals surface area contributed by atoms with Gasteiger partial charge in [0.15, 0.2) is 0 Å². The molecule has 6 aromatic rings. The van der Waals surface area contributed by atoms with Crippen molar-refractivity contribution in [1.82, 2.24) is 0 Å². The van der Waals surface area contributed by atoms with Crippen LogP contribution in [0.5, 0.6) is 0 Å². The van der Waals surface area contributed by atoms with E-state index < -0.39 is 0 Å². The lowest BCUT2D eigenvalue weighted by Gasteiger charge is -2.26. The second kappa shape index (κ2) is 10.5. The molecule has 0 fully saturated rings. The van der Waals surface area contributed by atoms with E-state index in [0.29, 0.717) is 0 Å². The maximum absolute atomic E-state index is 2.27. The Morgan fingerprint density at radius 2 is 0.486 bits per heavy atom. The van der Waals surface area contributed by atoms with Crippen molar-refractivity contribution in [3.05, 3.63) is 186 Å². The highest BCUT2D eigenvalue weighted by molar-refractivity contribution is 5.84. The average molecular weight is 472 g/mol. The summed E-state index contributed by atoms with van der Waals surface area (Å²) in [5.41, 5.74) is 11.0. The predicted molar refractivity (Wildman–Crippen MR) is 156 cm³/mol. The molecule has 0 saturated heterocycles. The van der Waals surface area contributed by atoms with Gasteiger partial charge in [-0.05, 0) is 50.1 Å². The molecule has 1 radical (unpaired) electrons. The summed E-state index contributed by atoms with van der Waals surface area (Å²) in [6, 6.07) is 58.4. The van der Waals surface area contributed by atoms with E-state index in [4.69, 9.17) is 0 Å². The molecule has 0 amide bonds. The number of rotatable bonds is 6. The monoisotopic (exact) mass is 471 g/mol. The molecule has 0 aliphatic rings. The Labute approximate surface area is 219 Å². The molecular formula is C37H27. The van der Waals surface area contributed by atoms with Gasteiger partial charge in [-0.2, -0.15) is 0 Å². The van der Waals surface area contributed by atoms with Crippen molar-refractivity contribution in [2.24, 2.45) is 0 Å². The van der Waals surface area contributed by atoms with Gasteiger partial charge in [0, 0.05) is 0 Å². The van der Waals surface area contributed by atoms with Crippen molar-refractivity contribution in [1.29, 1.82) is 0 Å². The minimum Gasteiger partial charge on any atom is -0.0622 e.